The van der Waals surface area contributed by atoms with E-state index in [9.17, 15) is 4.39 Å². The van der Waals surface area contributed by atoms with Gasteiger partial charge in [0.25, 0.3) is 0 Å². The number of aromatic nitrogens is 3. The van der Waals surface area contributed by atoms with Crippen LogP contribution in [0.5, 0.6) is 0 Å². The average Bonchev–Trinajstić information content (AvgIpc) is 2.74. The number of nitrogens with one attached hydrogen (secondary N) is 2. The Kier molecular flexibility index (Phi) is 4.37. The molecule has 5 heteroatoms. The number of anilines is 1. The van der Waals surface area contributed by atoms with Gasteiger partial charge in [-0.3, -0.25) is 5.10 Å². The molecule has 2 aromatic rings. The zero-order valence-corrected chi connectivity index (χ0v) is 12.2. The maximum atomic E-state index is 13.0. The SMILES string of the molecule is CC(C)(C)Cc1nc(CCNc2cccc(F)c2)n[nH]1. The van der Waals surface area contributed by atoms with Crippen LogP contribution in [0.25, 0.3) is 0 Å². The van der Waals surface area contributed by atoms with Gasteiger partial charge < -0.3 is 5.32 Å². The number of aromatic amines is 1. The molecule has 0 bridgehead atoms. The third-order valence-electron chi connectivity index (χ3n) is 2.78. The molecule has 20 heavy (non-hydrogen) atoms. The fourth-order valence-electron chi connectivity index (χ4n) is 1.95. The summed E-state index contributed by atoms with van der Waals surface area (Å²) in [5, 5.41) is 10.3. The minimum atomic E-state index is -0.236. The van der Waals surface area contributed by atoms with Crippen LogP contribution in [0.15, 0.2) is 24.3 Å². The Labute approximate surface area is 118 Å². The van der Waals surface area contributed by atoms with Crippen molar-refractivity contribution >= 4 is 5.69 Å². The molecule has 2 N–H and O–H groups in total. The minimum Gasteiger partial charge on any atom is -0.385 e. The van der Waals surface area contributed by atoms with Gasteiger partial charge in [0.1, 0.15) is 11.6 Å². The van der Waals surface area contributed by atoms with E-state index in [1.807, 2.05) is 6.07 Å². The molecular weight excluding hydrogens is 255 g/mol. The van der Waals surface area contributed by atoms with Crippen LogP contribution < -0.4 is 5.32 Å². The molecule has 0 amide bonds. The van der Waals surface area contributed by atoms with Crippen molar-refractivity contribution in [3.63, 3.8) is 0 Å². The lowest BCUT2D eigenvalue weighted by atomic mass is 9.92. The van der Waals surface area contributed by atoms with Gasteiger partial charge in [-0.15, -0.1) is 0 Å². The van der Waals surface area contributed by atoms with E-state index in [4.69, 9.17) is 0 Å². The number of H-pyrrole nitrogens is 1. The second kappa shape index (κ2) is 6.03. The van der Waals surface area contributed by atoms with Crippen LogP contribution in [0.2, 0.25) is 0 Å². The van der Waals surface area contributed by atoms with Gasteiger partial charge in [-0.05, 0) is 23.6 Å². The Balaban J connectivity index is 1.83. The van der Waals surface area contributed by atoms with Crippen molar-refractivity contribution in [3.05, 3.63) is 41.7 Å². The smallest absolute Gasteiger partial charge is 0.152 e. The van der Waals surface area contributed by atoms with Crippen LogP contribution in [0.3, 0.4) is 0 Å². The highest BCUT2D eigenvalue weighted by atomic mass is 19.1. The van der Waals surface area contributed by atoms with E-state index in [2.05, 4.69) is 41.3 Å². The van der Waals surface area contributed by atoms with Crippen molar-refractivity contribution in [2.24, 2.45) is 5.41 Å². The Bertz CT molecular complexity index is 557. The van der Waals surface area contributed by atoms with Gasteiger partial charge in [-0.1, -0.05) is 26.8 Å². The van der Waals surface area contributed by atoms with E-state index < -0.39 is 0 Å². The molecule has 0 saturated heterocycles. The topological polar surface area (TPSA) is 53.6 Å². The number of halogens is 1. The van der Waals surface area contributed by atoms with Crippen molar-refractivity contribution in [1.29, 1.82) is 0 Å². The molecule has 1 aromatic heterocycles. The molecular formula is C15H21FN4. The largest absolute Gasteiger partial charge is 0.385 e. The minimum absolute atomic E-state index is 0.191. The first-order valence-electron chi connectivity index (χ1n) is 6.82. The van der Waals surface area contributed by atoms with Crippen LogP contribution in [0.1, 0.15) is 32.4 Å². The maximum absolute atomic E-state index is 13.0. The lowest BCUT2D eigenvalue weighted by molar-refractivity contribution is 0.401. The fraction of sp³-hybridized carbons (Fsp3) is 0.467. The number of hydrogen-bond donors (Lipinski definition) is 2. The monoisotopic (exact) mass is 276 g/mol. The van der Waals surface area contributed by atoms with Gasteiger partial charge in [0.05, 0.1) is 0 Å². The number of nitrogens with zero attached hydrogens (tertiary/aromatic N) is 2. The summed E-state index contributed by atoms with van der Waals surface area (Å²) in [6.07, 6.45) is 1.58. The van der Waals surface area contributed by atoms with E-state index >= 15 is 0 Å². The number of benzene rings is 1. The van der Waals surface area contributed by atoms with Gasteiger partial charge in [0, 0.05) is 25.1 Å². The molecule has 0 atom stereocenters. The van der Waals surface area contributed by atoms with Gasteiger partial charge in [-0.25, -0.2) is 9.37 Å². The molecule has 0 saturated carbocycles. The lowest BCUT2D eigenvalue weighted by Crippen LogP contribution is -2.10. The van der Waals surface area contributed by atoms with E-state index in [0.717, 1.165) is 23.8 Å². The van der Waals surface area contributed by atoms with Gasteiger partial charge in [-0.2, -0.15) is 5.10 Å². The standard InChI is InChI=1S/C15H21FN4/c1-15(2,3)10-14-18-13(19-20-14)7-8-17-12-6-4-5-11(16)9-12/h4-6,9,17H,7-8,10H2,1-3H3,(H,18,19,20). The van der Waals surface area contributed by atoms with Crippen LogP contribution >= 0.6 is 0 Å². The third-order valence-corrected chi connectivity index (χ3v) is 2.78. The summed E-state index contributed by atoms with van der Waals surface area (Å²) in [5.41, 5.74) is 0.965. The highest BCUT2D eigenvalue weighted by molar-refractivity contribution is 5.42. The van der Waals surface area contributed by atoms with Crippen molar-refractivity contribution in [2.45, 2.75) is 33.6 Å². The molecule has 0 fully saturated rings. The van der Waals surface area contributed by atoms with Crippen LogP contribution in [-0.4, -0.2) is 21.7 Å². The molecule has 1 aromatic carbocycles. The van der Waals surface area contributed by atoms with E-state index in [0.29, 0.717) is 13.0 Å². The van der Waals surface area contributed by atoms with E-state index in [1.54, 1.807) is 6.07 Å². The Morgan fingerprint density at radius 3 is 2.80 bits per heavy atom. The zero-order chi connectivity index (χ0) is 14.6. The molecule has 0 aliphatic heterocycles. The van der Waals surface area contributed by atoms with Gasteiger partial charge in [0.2, 0.25) is 0 Å². The second-order valence-electron chi connectivity index (χ2n) is 6.12. The number of hydrogen-bond acceptors (Lipinski definition) is 3. The number of rotatable bonds is 5. The third kappa shape index (κ3) is 4.64. The second-order valence-corrected chi connectivity index (χ2v) is 6.12. The molecule has 108 valence electrons. The average molecular weight is 276 g/mol. The summed E-state index contributed by atoms with van der Waals surface area (Å²) in [7, 11) is 0. The van der Waals surface area contributed by atoms with Crippen LogP contribution in [-0.2, 0) is 12.8 Å². The van der Waals surface area contributed by atoms with Crippen molar-refractivity contribution < 1.29 is 4.39 Å². The van der Waals surface area contributed by atoms with Crippen molar-refractivity contribution in [2.75, 3.05) is 11.9 Å². The first kappa shape index (κ1) is 14.5. The van der Waals surface area contributed by atoms with Crippen molar-refractivity contribution in [3.8, 4) is 0 Å². The predicted octanol–water partition coefficient (Wildman–Crippen LogP) is 3.19. The first-order valence-corrected chi connectivity index (χ1v) is 6.82. The summed E-state index contributed by atoms with van der Waals surface area (Å²) < 4.78 is 13.0. The van der Waals surface area contributed by atoms with E-state index in [1.165, 1.54) is 12.1 Å². The molecule has 1 heterocycles. The summed E-state index contributed by atoms with van der Waals surface area (Å²) in [6.45, 7) is 7.18. The molecule has 0 aliphatic rings. The fourth-order valence-corrected chi connectivity index (χ4v) is 1.95. The molecule has 4 nitrogen and oxygen atoms in total. The van der Waals surface area contributed by atoms with E-state index in [-0.39, 0.29) is 11.2 Å². The van der Waals surface area contributed by atoms with Gasteiger partial charge in [0.15, 0.2) is 5.82 Å². The Morgan fingerprint density at radius 2 is 2.10 bits per heavy atom. The van der Waals surface area contributed by atoms with Crippen LogP contribution in [0, 0.1) is 11.2 Å². The highest BCUT2D eigenvalue weighted by Gasteiger charge is 2.14. The van der Waals surface area contributed by atoms with Crippen molar-refractivity contribution in [1.82, 2.24) is 15.2 Å². The lowest BCUT2D eigenvalue weighted by Gasteiger charge is -2.15. The predicted molar refractivity (Wildman–Crippen MR) is 78.1 cm³/mol. The van der Waals surface area contributed by atoms with Crippen LogP contribution in [0.4, 0.5) is 10.1 Å². The quantitative estimate of drug-likeness (QED) is 0.882. The Morgan fingerprint density at radius 1 is 1.30 bits per heavy atom. The Hall–Kier alpha value is -1.91. The van der Waals surface area contributed by atoms with Gasteiger partial charge >= 0.3 is 0 Å². The summed E-state index contributed by atoms with van der Waals surface area (Å²) in [4.78, 5) is 4.46. The summed E-state index contributed by atoms with van der Waals surface area (Å²) >= 11 is 0. The summed E-state index contributed by atoms with van der Waals surface area (Å²) in [5.74, 6) is 1.46. The normalized spacial score (nSPS) is 11.6. The molecule has 0 aliphatic carbocycles. The highest BCUT2D eigenvalue weighted by Crippen LogP contribution is 2.18. The zero-order valence-electron chi connectivity index (χ0n) is 12.2. The molecule has 2 rings (SSSR count). The summed E-state index contributed by atoms with van der Waals surface area (Å²) in [6, 6.07) is 6.43. The first-order chi connectivity index (χ1) is 9.42. The molecule has 0 unspecified atom stereocenters. The molecule has 0 spiro atoms. The molecule has 0 radical (unpaired) electrons. The maximum Gasteiger partial charge on any atom is 0.152 e.